The third kappa shape index (κ3) is 5.69. The highest BCUT2D eigenvalue weighted by Gasteiger charge is 2.23. The van der Waals surface area contributed by atoms with Crippen molar-refractivity contribution in [2.24, 2.45) is 0 Å². The first kappa shape index (κ1) is 23.6. The van der Waals surface area contributed by atoms with Gasteiger partial charge < -0.3 is 15.4 Å². The smallest absolute Gasteiger partial charge is 0.271 e. The molecule has 9 nitrogen and oxygen atoms in total. The predicted octanol–water partition coefficient (Wildman–Crippen LogP) is 2.92. The number of nitro groups is 1. The van der Waals surface area contributed by atoms with Crippen molar-refractivity contribution < 1.29 is 32.4 Å². The lowest BCUT2D eigenvalue weighted by atomic mass is 10.2. The number of amides is 2. The van der Waals surface area contributed by atoms with Gasteiger partial charge in [-0.25, -0.2) is 13.2 Å². The summed E-state index contributed by atoms with van der Waals surface area (Å²) >= 11 is 0. The standard InChI is InChI=1S/C19H19F3N4O5/c1-10(19(28)24-14-8-11(26(29)30)4-7-15(14)31-3)25(2)9-16(27)23-13-6-5-12(20)17(21)18(13)22/h4-8,10H,9H2,1-3H3,(H,23,27)(H,24,28)/t10-/m1/s1. The molecule has 0 spiro atoms. The number of hydrogen-bond donors (Lipinski definition) is 2. The van der Waals surface area contributed by atoms with Gasteiger partial charge in [0.2, 0.25) is 11.8 Å². The molecule has 0 unspecified atom stereocenters. The van der Waals surface area contributed by atoms with E-state index in [4.69, 9.17) is 4.74 Å². The fourth-order valence-electron chi connectivity index (χ4n) is 2.52. The molecule has 0 saturated heterocycles. The van der Waals surface area contributed by atoms with Gasteiger partial charge in [0.15, 0.2) is 17.5 Å². The number of rotatable bonds is 8. The number of nitrogens with one attached hydrogen (secondary N) is 2. The molecule has 0 fully saturated rings. The van der Waals surface area contributed by atoms with Gasteiger partial charge in [-0.2, -0.15) is 0 Å². The van der Waals surface area contributed by atoms with E-state index in [9.17, 15) is 32.9 Å². The summed E-state index contributed by atoms with van der Waals surface area (Å²) in [6.07, 6.45) is 0. The highest BCUT2D eigenvalue weighted by molar-refractivity contribution is 5.97. The molecule has 166 valence electrons. The Bertz CT molecular complexity index is 1020. The Balaban J connectivity index is 2.04. The van der Waals surface area contributed by atoms with Crippen LogP contribution >= 0.6 is 0 Å². The van der Waals surface area contributed by atoms with E-state index in [0.717, 1.165) is 12.1 Å². The molecule has 12 heteroatoms. The van der Waals surface area contributed by atoms with Gasteiger partial charge in [-0.05, 0) is 32.2 Å². The summed E-state index contributed by atoms with van der Waals surface area (Å²) in [5, 5.41) is 15.5. The number of ether oxygens (including phenoxy) is 1. The largest absolute Gasteiger partial charge is 0.495 e. The zero-order valence-corrected chi connectivity index (χ0v) is 16.7. The summed E-state index contributed by atoms with van der Waals surface area (Å²) in [5.74, 6) is -5.84. The number of non-ortho nitro benzene ring substituents is 1. The maximum Gasteiger partial charge on any atom is 0.271 e. The molecule has 0 heterocycles. The maximum absolute atomic E-state index is 13.7. The minimum atomic E-state index is -1.72. The maximum atomic E-state index is 13.7. The fourth-order valence-corrected chi connectivity index (χ4v) is 2.52. The molecular formula is C19H19F3N4O5. The zero-order valence-electron chi connectivity index (χ0n) is 16.7. The molecule has 0 aromatic heterocycles. The highest BCUT2D eigenvalue weighted by Crippen LogP contribution is 2.29. The van der Waals surface area contributed by atoms with Crippen molar-refractivity contribution in [1.29, 1.82) is 0 Å². The molecule has 0 saturated carbocycles. The monoisotopic (exact) mass is 440 g/mol. The summed E-state index contributed by atoms with van der Waals surface area (Å²) in [5.41, 5.74) is -0.740. The van der Waals surface area contributed by atoms with Crippen LogP contribution in [0.25, 0.3) is 0 Å². The third-order valence-electron chi connectivity index (χ3n) is 4.39. The fraction of sp³-hybridized carbons (Fsp3) is 0.263. The van der Waals surface area contributed by atoms with Crippen LogP contribution in [-0.4, -0.2) is 48.4 Å². The zero-order chi connectivity index (χ0) is 23.3. The van der Waals surface area contributed by atoms with E-state index in [0.29, 0.717) is 6.07 Å². The summed E-state index contributed by atoms with van der Waals surface area (Å²) in [4.78, 5) is 36.2. The van der Waals surface area contributed by atoms with Crippen LogP contribution in [0.2, 0.25) is 0 Å². The second-order valence-electron chi connectivity index (χ2n) is 6.49. The number of benzene rings is 2. The van der Waals surface area contributed by atoms with Crippen LogP contribution in [-0.2, 0) is 9.59 Å². The Kier molecular flexibility index (Phi) is 7.53. The van der Waals surface area contributed by atoms with Gasteiger partial charge in [0.1, 0.15) is 5.75 Å². The molecule has 0 aliphatic carbocycles. The van der Waals surface area contributed by atoms with E-state index in [1.807, 2.05) is 0 Å². The number of hydrogen-bond acceptors (Lipinski definition) is 6. The minimum absolute atomic E-state index is 0.0651. The molecule has 2 aromatic carbocycles. The van der Waals surface area contributed by atoms with Crippen LogP contribution in [0.5, 0.6) is 5.75 Å². The first-order valence-corrected chi connectivity index (χ1v) is 8.82. The average molecular weight is 440 g/mol. The summed E-state index contributed by atoms with van der Waals surface area (Å²) < 4.78 is 45.0. The number of carbonyl (C=O) groups excluding carboxylic acids is 2. The molecule has 0 aliphatic heterocycles. The molecule has 2 rings (SSSR count). The van der Waals surface area contributed by atoms with Crippen molar-refractivity contribution in [3.8, 4) is 5.75 Å². The van der Waals surface area contributed by atoms with E-state index in [1.54, 1.807) is 0 Å². The highest BCUT2D eigenvalue weighted by atomic mass is 19.2. The predicted molar refractivity (Wildman–Crippen MR) is 105 cm³/mol. The Morgan fingerprint density at radius 2 is 1.81 bits per heavy atom. The van der Waals surface area contributed by atoms with Gasteiger partial charge >= 0.3 is 0 Å². The van der Waals surface area contributed by atoms with E-state index in [-0.39, 0.29) is 23.7 Å². The lowest BCUT2D eigenvalue weighted by Gasteiger charge is -2.23. The third-order valence-corrected chi connectivity index (χ3v) is 4.39. The van der Waals surface area contributed by atoms with Crippen molar-refractivity contribution in [3.05, 3.63) is 57.9 Å². The number of anilines is 2. The van der Waals surface area contributed by atoms with Gasteiger partial charge in [-0.15, -0.1) is 0 Å². The SMILES string of the molecule is COc1ccc([N+](=O)[O-])cc1NC(=O)[C@@H](C)N(C)CC(=O)Nc1ccc(F)c(F)c1F. The van der Waals surface area contributed by atoms with Crippen LogP contribution in [0.15, 0.2) is 30.3 Å². The van der Waals surface area contributed by atoms with Gasteiger partial charge in [-0.3, -0.25) is 24.6 Å². The van der Waals surface area contributed by atoms with Crippen molar-refractivity contribution in [2.45, 2.75) is 13.0 Å². The summed E-state index contributed by atoms with van der Waals surface area (Å²) in [7, 11) is 2.75. The molecule has 0 bridgehead atoms. The van der Waals surface area contributed by atoms with Crippen LogP contribution in [0.4, 0.5) is 30.2 Å². The molecule has 31 heavy (non-hydrogen) atoms. The van der Waals surface area contributed by atoms with Crippen LogP contribution < -0.4 is 15.4 Å². The van der Waals surface area contributed by atoms with E-state index in [1.165, 1.54) is 38.1 Å². The molecule has 0 aliphatic rings. The van der Waals surface area contributed by atoms with E-state index >= 15 is 0 Å². The number of nitrogens with zero attached hydrogens (tertiary/aromatic N) is 2. The molecule has 2 N–H and O–H groups in total. The van der Waals surface area contributed by atoms with Crippen molar-refractivity contribution in [1.82, 2.24) is 4.90 Å². The Hall–Kier alpha value is -3.67. The van der Waals surface area contributed by atoms with Crippen molar-refractivity contribution in [3.63, 3.8) is 0 Å². The molecule has 1 atom stereocenters. The molecule has 0 radical (unpaired) electrons. The Morgan fingerprint density at radius 1 is 1.13 bits per heavy atom. The van der Waals surface area contributed by atoms with Crippen LogP contribution in [0.1, 0.15) is 6.92 Å². The number of methoxy groups -OCH3 is 1. The van der Waals surface area contributed by atoms with Crippen LogP contribution in [0.3, 0.4) is 0 Å². The summed E-state index contributed by atoms with van der Waals surface area (Å²) in [6.45, 7) is 1.07. The molecule has 2 amide bonds. The van der Waals surface area contributed by atoms with Gasteiger partial charge in [0.25, 0.3) is 5.69 Å². The second kappa shape index (κ2) is 9.89. The topological polar surface area (TPSA) is 114 Å². The first-order chi connectivity index (χ1) is 14.5. The number of halogens is 3. The average Bonchev–Trinajstić information content (AvgIpc) is 2.73. The van der Waals surface area contributed by atoms with Gasteiger partial charge in [0, 0.05) is 12.1 Å². The quantitative estimate of drug-likeness (QED) is 0.371. The summed E-state index contributed by atoms with van der Waals surface area (Å²) in [6, 6.07) is 4.31. The van der Waals surface area contributed by atoms with Gasteiger partial charge in [0.05, 0.1) is 36.0 Å². The second-order valence-corrected chi connectivity index (χ2v) is 6.49. The number of likely N-dealkylation sites (N-methyl/N-ethyl adjacent to an activating group) is 1. The van der Waals surface area contributed by atoms with Crippen LogP contribution in [0, 0.1) is 27.6 Å². The Labute approximate surface area is 174 Å². The van der Waals surface area contributed by atoms with Crippen molar-refractivity contribution >= 4 is 28.9 Å². The normalized spacial score (nSPS) is 11.7. The minimum Gasteiger partial charge on any atom is -0.495 e. The van der Waals surface area contributed by atoms with E-state index in [2.05, 4.69) is 10.6 Å². The first-order valence-electron chi connectivity index (χ1n) is 8.82. The van der Waals surface area contributed by atoms with Gasteiger partial charge in [-0.1, -0.05) is 0 Å². The van der Waals surface area contributed by atoms with E-state index < -0.39 is 45.9 Å². The number of nitro benzene ring substituents is 1. The lowest BCUT2D eigenvalue weighted by Crippen LogP contribution is -2.43. The number of carbonyl (C=O) groups is 2. The lowest BCUT2D eigenvalue weighted by molar-refractivity contribution is -0.384. The Morgan fingerprint density at radius 3 is 2.42 bits per heavy atom. The molecule has 2 aromatic rings. The van der Waals surface area contributed by atoms with Crippen molar-refractivity contribution in [2.75, 3.05) is 31.3 Å². The molecular weight excluding hydrogens is 421 g/mol.